The van der Waals surface area contributed by atoms with Crippen LogP contribution in [0.25, 0.3) is 0 Å². The second-order valence-corrected chi connectivity index (χ2v) is 11.7. The molecule has 0 aliphatic carbocycles. The lowest BCUT2D eigenvalue weighted by molar-refractivity contribution is -0.150. The zero-order valence-corrected chi connectivity index (χ0v) is 22.4. The van der Waals surface area contributed by atoms with Gasteiger partial charge in [-0.2, -0.15) is 0 Å². The Balaban J connectivity index is 1.49. The Morgan fingerprint density at radius 2 is 2.25 bits per heavy atom. The predicted octanol–water partition coefficient (Wildman–Crippen LogP) is 1.14. The highest BCUT2D eigenvalue weighted by atomic mass is 32.2. The van der Waals surface area contributed by atoms with Crippen molar-refractivity contribution in [2.45, 2.75) is 15.8 Å². The number of carbonyl (C=O) groups is 4. The monoisotopic (exact) mass is 587 g/mol. The maximum Gasteiger partial charge on any atom is 0.352 e. The molecule has 36 heavy (non-hydrogen) atoms. The van der Waals surface area contributed by atoms with Crippen LogP contribution in [0.15, 0.2) is 31.7 Å². The minimum atomic E-state index is -1.21. The quantitative estimate of drug-likeness (QED) is 0.0615. The summed E-state index contributed by atoms with van der Waals surface area (Å²) in [5, 5.41) is 27.6. The van der Waals surface area contributed by atoms with Crippen LogP contribution in [0.5, 0.6) is 0 Å². The predicted molar refractivity (Wildman–Crippen MR) is 138 cm³/mol. The SMILES string of the molecule is CSCON=C(C(=O)NC1C(=O)N2C(C(=O)O)=C(CSc3nncs3)CS[C@H]12)c1csc(NC=O)n1. The number of nitrogens with zero attached hydrogens (tertiary/aromatic N) is 5. The van der Waals surface area contributed by atoms with Crippen LogP contribution in [-0.2, 0) is 24.0 Å². The highest BCUT2D eigenvalue weighted by molar-refractivity contribution is 8.01. The van der Waals surface area contributed by atoms with Gasteiger partial charge in [-0.25, -0.2) is 9.78 Å². The summed E-state index contributed by atoms with van der Waals surface area (Å²) in [5.41, 5.74) is 2.08. The van der Waals surface area contributed by atoms with E-state index in [2.05, 4.69) is 31.0 Å². The first kappa shape index (κ1) is 26.4. The number of carboxylic acid groups (broad SMARTS) is 1. The zero-order chi connectivity index (χ0) is 25.7. The summed E-state index contributed by atoms with van der Waals surface area (Å²) >= 11 is 6.49. The topological polar surface area (TPSA) is 176 Å². The number of nitrogens with one attached hydrogen (secondary N) is 2. The van der Waals surface area contributed by atoms with Gasteiger partial charge in [0, 0.05) is 16.9 Å². The fourth-order valence-corrected chi connectivity index (χ4v) is 7.01. The van der Waals surface area contributed by atoms with Gasteiger partial charge < -0.3 is 20.6 Å². The normalized spacial score (nSPS) is 19.4. The minimum absolute atomic E-state index is 0.0764. The number of β-lactam (4-membered cyclic amide) rings is 1. The molecular formula is C18H17N7O6S5. The lowest BCUT2D eigenvalue weighted by Crippen LogP contribution is -2.71. The molecule has 1 saturated heterocycles. The summed E-state index contributed by atoms with van der Waals surface area (Å²) in [6, 6.07) is -0.953. The van der Waals surface area contributed by atoms with Gasteiger partial charge in [-0.05, 0) is 11.8 Å². The first-order valence-electron chi connectivity index (χ1n) is 9.89. The Morgan fingerprint density at radius 1 is 1.42 bits per heavy atom. The van der Waals surface area contributed by atoms with Gasteiger partial charge in [0.25, 0.3) is 11.8 Å². The van der Waals surface area contributed by atoms with Crippen molar-refractivity contribution in [3.8, 4) is 0 Å². The van der Waals surface area contributed by atoms with Crippen LogP contribution in [-0.4, -0.2) is 90.2 Å². The van der Waals surface area contributed by atoms with Crippen molar-refractivity contribution < 1.29 is 29.1 Å². The Bertz CT molecular complexity index is 1220. The van der Waals surface area contributed by atoms with Crippen molar-refractivity contribution in [2.24, 2.45) is 5.16 Å². The van der Waals surface area contributed by atoms with Gasteiger partial charge >= 0.3 is 5.97 Å². The summed E-state index contributed by atoms with van der Waals surface area (Å²) in [5.74, 6) is -1.56. The van der Waals surface area contributed by atoms with Crippen molar-refractivity contribution >= 4 is 93.0 Å². The Kier molecular flexibility index (Phi) is 8.83. The van der Waals surface area contributed by atoms with Crippen molar-refractivity contribution in [3.63, 3.8) is 0 Å². The second kappa shape index (κ2) is 12.0. The van der Waals surface area contributed by atoms with Gasteiger partial charge in [0.1, 0.15) is 28.3 Å². The third-order valence-electron chi connectivity index (χ3n) is 4.72. The largest absolute Gasteiger partial charge is 0.477 e. The fourth-order valence-electron chi connectivity index (χ4n) is 3.23. The molecule has 3 N–H and O–H groups in total. The summed E-state index contributed by atoms with van der Waals surface area (Å²) in [6.45, 7) is 0. The number of fused-ring (bicyclic) bond motifs is 1. The van der Waals surface area contributed by atoms with Crippen molar-refractivity contribution in [1.82, 2.24) is 25.4 Å². The molecule has 2 aliphatic rings. The number of oxime groups is 1. The molecule has 2 aromatic rings. The lowest BCUT2D eigenvalue weighted by atomic mass is 10.0. The zero-order valence-electron chi connectivity index (χ0n) is 18.3. The van der Waals surface area contributed by atoms with Gasteiger partial charge in [-0.1, -0.05) is 28.3 Å². The molecule has 2 aliphatic heterocycles. The van der Waals surface area contributed by atoms with Crippen LogP contribution in [0, 0.1) is 0 Å². The third kappa shape index (κ3) is 5.66. The van der Waals surface area contributed by atoms with Crippen molar-refractivity contribution in [3.05, 3.63) is 27.9 Å². The van der Waals surface area contributed by atoms with Gasteiger partial charge in [0.05, 0.1) is 0 Å². The number of rotatable bonds is 12. The lowest BCUT2D eigenvalue weighted by Gasteiger charge is -2.49. The van der Waals surface area contributed by atoms with E-state index in [0.717, 1.165) is 11.3 Å². The Morgan fingerprint density at radius 3 is 2.94 bits per heavy atom. The molecule has 4 rings (SSSR count). The molecule has 0 saturated carbocycles. The van der Waals surface area contributed by atoms with Crippen LogP contribution < -0.4 is 10.6 Å². The van der Waals surface area contributed by atoms with Crippen molar-refractivity contribution in [2.75, 3.05) is 29.0 Å². The van der Waals surface area contributed by atoms with Gasteiger partial charge in [0.15, 0.2) is 21.1 Å². The molecule has 1 fully saturated rings. The van der Waals surface area contributed by atoms with Crippen molar-refractivity contribution in [1.29, 1.82) is 0 Å². The van der Waals surface area contributed by atoms with Gasteiger partial charge in [0.2, 0.25) is 6.41 Å². The van der Waals surface area contributed by atoms with Gasteiger partial charge in [-0.15, -0.1) is 45.1 Å². The Hall–Kier alpha value is -2.67. The molecule has 18 heteroatoms. The summed E-state index contributed by atoms with van der Waals surface area (Å²) in [7, 11) is 0. The number of amides is 3. The summed E-state index contributed by atoms with van der Waals surface area (Å²) < 4.78 is 0.698. The first-order valence-corrected chi connectivity index (χ1v) is 15.1. The maximum absolute atomic E-state index is 13.1. The van der Waals surface area contributed by atoms with E-state index in [-0.39, 0.29) is 28.2 Å². The number of thiazole rings is 1. The summed E-state index contributed by atoms with van der Waals surface area (Å²) in [4.78, 5) is 59.2. The van der Waals surface area contributed by atoms with E-state index in [9.17, 15) is 24.3 Å². The standard InChI is InChI=1S/C18H17N7O6S5/c1-32-7-31-24-10(9-4-34-17(21-9)19-5-26)13(27)22-11-14(28)25-12(16(29)30)8(2-33-15(11)25)3-35-18-23-20-6-36-18/h4-6,11,15H,2-3,7H2,1H3,(H,22,27)(H,29,30)(H,19,21,26)/t11?,15-/m1/s1. The average molecular weight is 588 g/mol. The number of carbonyl (C=O) groups excluding carboxylic acids is 3. The highest BCUT2D eigenvalue weighted by Crippen LogP contribution is 2.41. The molecule has 2 aromatic heterocycles. The molecule has 13 nitrogen and oxygen atoms in total. The summed E-state index contributed by atoms with van der Waals surface area (Å²) in [6.07, 6.45) is 2.25. The number of thioether (sulfide) groups is 3. The highest BCUT2D eigenvalue weighted by Gasteiger charge is 2.54. The van der Waals surface area contributed by atoms with Gasteiger partial charge in [-0.3, -0.25) is 19.3 Å². The molecule has 4 heterocycles. The molecule has 3 amide bonds. The molecule has 190 valence electrons. The van der Waals surface area contributed by atoms with Crippen LogP contribution >= 0.6 is 58.0 Å². The van der Waals surface area contributed by atoms with Crippen LogP contribution in [0.2, 0.25) is 0 Å². The maximum atomic E-state index is 13.1. The van der Waals surface area contributed by atoms with Crippen LogP contribution in [0.1, 0.15) is 5.69 Å². The molecule has 2 atom stereocenters. The number of aromatic nitrogens is 3. The molecule has 0 bridgehead atoms. The van der Waals surface area contributed by atoms with E-state index in [0.29, 0.717) is 27.8 Å². The van der Waals surface area contributed by atoms with Crippen LogP contribution in [0.3, 0.4) is 0 Å². The molecule has 1 unspecified atom stereocenters. The molecule has 0 aromatic carbocycles. The number of anilines is 1. The molecular weight excluding hydrogens is 571 g/mol. The average Bonchev–Trinajstić information content (AvgIpc) is 3.55. The number of hydrogen-bond acceptors (Lipinski definition) is 14. The first-order chi connectivity index (χ1) is 17.4. The number of aliphatic carboxylic acids is 1. The number of carboxylic acids is 1. The van der Waals surface area contributed by atoms with Crippen LogP contribution in [0.4, 0.5) is 5.13 Å². The van der Waals surface area contributed by atoms with E-state index in [4.69, 9.17) is 4.84 Å². The Labute approximate surface area is 224 Å². The smallest absolute Gasteiger partial charge is 0.352 e. The number of hydrogen-bond donors (Lipinski definition) is 3. The minimum Gasteiger partial charge on any atom is -0.477 e. The second-order valence-electron chi connectivity index (χ2n) is 6.89. The van der Waals surface area contributed by atoms with E-state index in [1.165, 1.54) is 56.9 Å². The van der Waals surface area contributed by atoms with E-state index in [1.54, 1.807) is 11.8 Å². The molecule has 0 radical (unpaired) electrons. The van der Waals surface area contributed by atoms with E-state index < -0.39 is 29.2 Å². The fraction of sp³-hybridized carbons (Fsp3) is 0.333. The van der Waals surface area contributed by atoms with E-state index >= 15 is 0 Å². The van der Waals surface area contributed by atoms with E-state index in [1.807, 2.05) is 0 Å². The third-order valence-corrected chi connectivity index (χ3v) is 9.12. The molecule has 0 spiro atoms.